The Morgan fingerprint density at radius 3 is 1.49 bits per heavy atom. The number of phosphoric acid groups is 1. The van der Waals surface area contributed by atoms with Gasteiger partial charge in [0.2, 0.25) is 0 Å². The average molecular weight is 748 g/mol. The molecular formula is C40H78NO9P. The van der Waals surface area contributed by atoms with E-state index >= 15 is 0 Å². The monoisotopic (exact) mass is 748 g/mol. The zero-order valence-electron chi connectivity index (χ0n) is 32.7. The number of carboxylic acids is 1. The van der Waals surface area contributed by atoms with E-state index in [1.54, 1.807) is 0 Å². The number of carboxylic acid groups (broad SMARTS) is 1. The number of hydrogen-bond acceptors (Lipinski definition) is 8. The van der Waals surface area contributed by atoms with Crippen molar-refractivity contribution in [3.8, 4) is 0 Å². The lowest BCUT2D eigenvalue weighted by molar-refractivity contribution is -0.154. The second kappa shape index (κ2) is 37.0. The molecule has 0 aromatic rings. The van der Waals surface area contributed by atoms with Crippen molar-refractivity contribution in [1.29, 1.82) is 0 Å². The Morgan fingerprint density at radius 1 is 0.608 bits per heavy atom. The van der Waals surface area contributed by atoms with Crippen LogP contribution in [0.25, 0.3) is 0 Å². The summed E-state index contributed by atoms with van der Waals surface area (Å²) in [4.78, 5) is 33.4. The molecule has 11 heteroatoms. The number of esters is 1. The quantitative estimate of drug-likeness (QED) is 0.0239. The first-order valence-electron chi connectivity index (χ1n) is 20.7. The fourth-order valence-corrected chi connectivity index (χ4v) is 6.55. The minimum atomic E-state index is -4.60. The van der Waals surface area contributed by atoms with Crippen LogP contribution >= 0.6 is 7.82 Å². The fourth-order valence-electron chi connectivity index (χ4n) is 5.77. The number of carbonyl (C=O) groups is 2. The van der Waals surface area contributed by atoms with Gasteiger partial charge in [-0.2, -0.15) is 0 Å². The van der Waals surface area contributed by atoms with Crippen LogP contribution in [0.4, 0.5) is 0 Å². The lowest BCUT2D eigenvalue weighted by atomic mass is 10.1. The molecule has 0 saturated heterocycles. The first kappa shape index (κ1) is 49.7. The summed E-state index contributed by atoms with van der Waals surface area (Å²) in [6, 6.07) is -1.47. The van der Waals surface area contributed by atoms with Crippen LogP contribution in [-0.4, -0.2) is 60.5 Å². The second-order valence-corrected chi connectivity index (χ2v) is 15.6. The molecule has 3 unspecified atom stereocenters. The predicted octanol–water partition coefficient (Wildman–Crippen LogP) is 11.0. The van der Waals surface area contributed by atoms with E-state index in [0.717, 1.165) is 38.5 Å². The molecule has 10 nitrogen and oxygen atoms in total. The zero-order chi connectivity index (χ0) is 37.7. The molecule has 0 fully saturated rings. The van der Waals surface area contributed by atoms with E-state index in [0.29, 0.717) is 13.0 Å². The molecule has 0 saturated carbocycles. The van der Waals surface area contributed by atoms with Gasteiger partial charge in [0.1, 0.15) is 12.1 Å². The van der Waals surface area contributed by atoms with Gasteiger partial charge in [-0.3, -0.25) is 18.6 Å². The maximum Gasteiger partial charge on any atom is 0.472 e. The van der Waals surface area contributed by atoms with Gasteiger partial charge in [-0.25, -0.2) is 4.57 Å². The molecular weight excluding hydrogens is 669 g/mol. The summed E-state index contributed by atoms with van der Waals surface area (Å²) in [6.07, 6.45) is 37.1. The molecule has 0 spiro atoms. The Labute approximate surface area is 312 Å². The van der Waals surface area contributed by atoms with Gasteiger partial charge < -0.3 is 25.2 Å². The minimum Gasteiger partial charge on any atom is -0.480 e. The second-order valence-electron chi connectivity index (χ2n) is 14.1. The molecule has 3 atom stereocenters. The van der Waals surface area contributed by atoms with Gasteiger partial charge in [0.25, 0.3) is 0 Å². The normalized spacial score (nSPS) is 14.1. The van der Waals surface area contributed by atoms with Crippen LogP contribution in [0.15, 0.2) is 12.2 Å². The Hall–Kier alpha value is -1.29. The molecule has 0 aliphatic carbocycles. The molecule has 0 heterocycles. The number of unbranched alkanes of at least 4 members (excludes halogenated alkanes) is 24. The molecule has 302 valence electrons. The van der Waals surface area contributed by atoms with E-state index in [9.17, 15) is 19.0 Å². The van der Waals surface area contributed by atoms with E-state index in [2.05, 4.69) is 30.5 Å². The van der Waals surface area contributed by atoms with E-state index in [4.69, 9.17) is 24.8 Å². The van der Waals surface area contributed by atoms with E-state index in [1.165, 1.54) is 128 Å². The minimum absolute atomic E-state index is 0.0203. The van der Waals surface area contributed by atoms with Gasteiger partial charge in [-0.1, -0.05) is 161 Å². The largest absolute Gasteiger partial charge is 0.480 e. The van der Waals surface area contributed by atoms with Crippen LogP contribution in [0.2, 0.25) is 0 Å². The summed E-state index contributed by atoms with van der Waals surface area (Å²) in [5.74, 6) is -1.78. The van der Waals surface area contributed by atoms with Gasteiger partial charge in [-0.15, -0.1) is 0 Å². The topological polar surface area (TPSA) is 155 Å². The van der Waals surface area contributed by atoms with Crippen molar-refractivity contribution in [2.24, 2.45) is 5.73 Å². The number of nitrogens with two attached hydrogens (primary N) is 1. The highest BCUT2D eigenvalue weighted by Gasteiger charge is 2.27. The molecule has 0 aliphatic heterocycles. The van der Waals surface area contributed by atoms with Gasteiger partial charge in [0, 0.05) is 13.0 Å². The highest BCUT2D eigenvalue weighted by molar-refractivity contribution is 7.47. The summed E-state index contributed by atoms with van der Waals surface area (Å²) < 4.78 is 33.2. The number of hydrogen-bond donors (Lipinski definition) is 3. The van der Waals surface area contributed by atoms with Crippen LogP contribution in [0.3, 0.4) is 0 Å². The lowest BCUT2D eigenvalue weighted by Gasteiger charge is -2.20. The molecule has 51 heavy (non-hydrogen) atoms. The molecule has 0 bridgehead atoms. The van der Waals surface area contributed by atoms with Gasteiger partial charge in [0.05, 0.1) is 19.8 Å². The third-order valence-electron chi connectivity index (χ3n) is 9.04. The van der Waals surface area contributed by atoms with E-state index in [1.807, 2.05) is 0 Å². The van der Waals surface area contributed by atoms with Crippen LogP contribution in [-0.2, 0) is 32.7 Å². The van der Waals surface area contributed by atoms with Crippen molar-refractivity contribution in [2.45, 2.75) is 206 Å². The summed E-state index contributed by atoms with van der Waals surface area (Å²) in [6.45, 7) is 3.86. The highest BCUT2D eigenvalue weighted by atomic mass is 31.2. The number of rotatable bonds is 40. The summed E-state index contributed by atoms with van der Waals surface area (Å²) >= 11 is 0. The maximum atomic E-state index is 12.6. The van der Waals surface area contributed by atoms with Crippen LogP contribution < -0.4 is 5.73 Å². The third kappa shape index (κ3) is 36.8. The lowest BCUT2D eigenvalue weighted by Crippen LogP contribution is -2.34. The average Bonchev–Trinajstić information content (AvgIpc) is 3.10. The van der Waals surface area contributed by atoms with Crippen LogP contribution in [0.1, 0.15) is 194 Å². The first-order chi connectivity index (χ1) is 24.7. The highest BCUT2D eigenvalue weighted by Crippen LogP contribution is 2.43. The fraction of sp³-hybridized carbons (Fsp3) is 0.900. The molecule has 0 aliphatic rings. The number of carbonyl (C=O) groups excluding carboxylic acids is 1. The van der Waals surface area contributed by atoms with Gasteiger partial charge in [0.15, 0.2) is 0 Å². The SMILES string of the molecule is CCCCCCCCCC/C=C\CCCCCCCCCCCC(=O)OC(COCCCCCCCCCC)COP(=O)(O)OCC(N)C(=O)O. The third-order valence-corrected chi connectivity index (χ3v) is 10.00. The number of ether oxygens (including phenoxy) is 2. The number of aliphatic carboxylic acids is 1. The Kier molecular flexibility index (Phi) is 36.1. The van der Waals surface area contributed by atoms with Crippen molar-refractivity contribution in [3.05, 3.63) is 12.2 Å². The zero-order valence-corrected chi connectivity index (χ0v) is 33.6. The van der Waals surface area contributed by atoms with Crippen molar-refractivity contribution >= 4 is 19.8 Å². The Morgan fingerprint density at radius 2 is 1.02 bits per heavy atom. The van der Waals surface area contributed by atoms with Crippen molar-refractivity contribution in [3.63, 3.8) is 0 Å². The molecule has 0 aromatic heterocycles. The van der Waals surface area contributed by atoms with E-state index < -0.39 is 45.1 Å². The Balaban J connectivity index is 4.10. The van der Waals surface area contributed by atoms with Crippen LogP contribution in [0, 0.1) is 0 Å². The molecule has 0 radical (unpaired) electrons. The molecule has 0 aromatic carbocycles. The smallest absolute Gasteiger partial charge is 0.472 e. The summed E-state index contributed by atoms with van der Waals surface area (Å²) in [7, 11) is -4.60. The van der Waals surface area contributed by atoms with Gasteiger partial charge >= 0.3 is 19.8 Å². The molecule has 0 amide bonds. The molecule has 0 rings (SSSR count). The van der Waals surface area contributed by atoms with Gasteiger partial charge in [-0.05, 0) is 38.5 Å². The number of allylic oxidation sites excluding steroid dienone is 2. The Bertz CT molecular complexity index is 873. The first-order valence-corrected chi connectivity index (χ1v) is 22.2. The van der Waals surface area contributed by atoms with Crippen molar-refractivity contribution < 1.29 is 42.7 Å². The molecule has 4 N–H and O–H groups in total. The predicted molar refractivity (Wildman–Crippen MR) is 208 cm³/mol. The van der Waals surface area contributed by atoms with E-state index in [-0.39, 0.29) is 13.0 Å². The maximum absolute atomic E-state index is 12.6. The van der Waals surface area contributed by atoms with Crippen molar-refractivity contribution in [2.75, 3.05) is 26.4 Å². The van der Waals surface area contributed by atoms with Crippen molar-refractivity contribution in [1.82, 2.24) is 0 Å². The summed E-state index contributed by atoms with van der Waals surface area (Å²) in [5, 5.41) is 8.86. The standard InChI is InChI=1S/C40H78NO9P/c1-3-5-7-9-11-13-14-15-16-17-18-19-20-21-22-23-24-25-26-28-30-32-39(42)50-37(34-47-33-31-29-27-12-10-8-6-4-2)35-48-51(45,46)49-36-38(41)40(43)44/h17-18,37-38H,3-16,19-36,41H2,1-2H3,(H,43,44)(H,45,46)/b18-17-. The summed E-state index contributed by atoms with van der Waals surface area (Å²) in [5.41, 5.74) is 5.33. The van der Waals surface area contributed by atoms with Crippen LogP contribution in [0.5, 0.6) is 0 Å². The number of phosphoric ester groups is 1.